The van der Waals surface area contributed by atoms with Crippen molar-refractivity contribution in [2.75, 3.05) is 0 Å². The molecule has 4 nitrogen and oxygen atoms in total. The smallest absolute Gasteiger partial charge is 0.387 e. The van der Waals surface area contributed by atoms with E-state index in [1.54, 1.807) is 28.4 Å². The third kappa shape index (κ3) is 2.04. The van der Waals surface area contributed by atoms with E-state index < -0.39 is 6.61 Å². The largest absolute Gasteiger partial charge is 0.435 e. The first-order chi connectivity index (χ1) is 8.72. The first kappa shape index (κ1) is 11.1. The normalized spacial score (nSPS) is 11.3. The molecule has 2 aromatic heterocycles. The Hall–Kier alpha value is -2.02. The monoisotopic (exact) mass is 267 g/mol. The Morgan fingerprint density at radius 2 is 2.00 bits per heavy atom. The summed E-state index contributed by atoms with van der Waals surface area (Å²) in [5.74, 6) is 0.132. The predicted molar refractivity (Wildman–Crippen MR) is 62.9 cm³/mol. The summed E-state index contributed by atoms with van der Waals surface area (Å²) in [6.45, 7) is -2.81. The number of imidazole rings is 1. The van der Waals surface area contributed by atoms with E-state index in [2.05, 4.69) is 14.8 Å². The number of benzene rings is 1. The van der Waals surface area contributed by atoms with Crippen molar-refractivity contribution in [1.82, 2.24) is 14.6 Å². The Balaban J connectivity index is 1.90. The van der Waals surface area contributed by atoms with Gasteiger partial charge in [0.25, 0.3) is 0 Å². The summed E-state index contributed by atoms with van der Waals surface area (Å²) in [7, 11) is 0. The first-order valence-corrected chi connectivity index (χ1v) is 5.94. The molecular weight excluding hydrogens is 260 g/mol. The van der Waals surface area contributed by atoms with Crippen molar-refractivity contribution >= 4 is 16.3 Å². The molecule has 92 valence electrons. The average Bonchev–Trinajstić information content (AvgIpc) is 2.89. The molecule has 0 aliphatic heterocycles. The molecule has 18 heavy (non-hydrogen) atoms. The molecule has 0 atom stereocenters. The minimum Gasteiger partial charge on any atom is -0.435 e. The lowest BCUT2D eigenvalue weighted by Gasteiger charge is -2.04. The van der Waals surface area contributed by atoms with Crippen LogP contribution in [-0.2, 0) is 0 Å². The Morgan fingerprint density at radius 3 is 2.67 bits per heavy atom. The van der Waals surface area contributed by atoms with Crippen LogP contribution in [0, 0.1) is 0 Å². The van der Waals surface area contributed by atoms with Crippen molar-refractivity contribution in [3.05, 3.63) is 36.0 Å². The number of fused-ring (bicyclic) bond motifs is 1. The molecule has 1 aromatic carbocycles. The van der Waals surface area contributed by atoms with Gasteiger partial charge in [0.15, 0.2) is 0 Å². The lowest BCUT2D eigenvalue weighted by atomic mass is 10.2. The van der Waals surface area contributed by atoms with Gasteiger partial charge in [-0.25, -0.2) is 9.50 Å². The molecule has 0 amide bonds. The number of hydrogen-bond donors (Lipinski definition) is 0. The van der Waals surface area contributed by atoms with Gasteiger partial charge in [0.2, 0.25) is 4.96 Å². The fourth-order valence-corrected chi connectivity index (χ4v) is 2.19. The molecule has 0 unspecified atom stereocenters. The molecule has 0 saturated heterocycles. The summed E-state index contributed by atoms with van der Waals surface area (Å²) in [4.78, 5) is 5.15. The molecule has 3 aromatic rings. The molecule has 0 saturated carbocycles. The lowest BCUT2D eigenvalue weighted by Crippen LogP contribution is -2.01. The zero-order valence-electron chi connectivity index (χ0n) is 8.96. The van der Waals surface area contributed by atoms with Gasteiger partial charge in [0, 0.05) is 5.56 Å². The van der Waals surface area contributed by atoms with E-state index in [1.807, 2.05) is 0 Å². The third-order valence-corrected chi connectivity index (χ3v) is 3.05. The van der Waals surface area contributed by atoms with Crippen LogP contribution in [0.1, 0.15) is 0 Å². The molecule has 0 N–H and O–H groups in total. The van der Waals surface area contributed by atoms with Gasteiger partial charge in [-0.05, 0) is 24.3 Å². The average molecular weight is 267 g/mol. The van der Waals surface area contributed by atoms with E-state index in [4.69, 9.17) is 0 Å². The van der Waals surface area contributed by atoms with E-state index in [0.29, 0.717) is 0 Å². The molecule has 0 aliphatic rings. The Bertz CT molecular complexity index is 634. The van der Waals surface area contributed by atoms with Crippen molar-refractivity contribution in [1.29, 1.82) is 0 Å². The van der Waals surface area contributed by atoms with Crippen molar-refractivity contribution in [2.45, 2.75) is 6.61 Å². The SMILES string of the molecule is FC(F)Oc1ccc(-c2cn3ncsc3n2)cc1. The third-order valence-electron chi connectivity index (χ3n) is 2.36. The number of ether oxygens (including phenoxy) is 1. The van der Waals surface area contributed by atoms with Gasteiger partial charge < -0.3 is 4.74 Å². The van der Waals surface area contributed by atoms with Crippen LogP contribution >= 0.6 is 11.3 Å². The predicted octanol–water partition coefficient (Wildman–Crippen LogP) is 3.06. The zero-order chi connectivity index (χ0) is 12.5. The van der Waals surface area contributed by atoms with E-state index in [-0.39, 0.29) is 5.75 Å². The standard InChI is InChI=1S/C11H7F2N3OS/c12-10(13)17-8-3-1-7(2-4-8)9-5-16-11(15-9)18-6-14-16/h1-6,10H. The van der Waals surface area contributed by atoms with Gasteiger partial charge in [0.1, 0.15) is 11.3 Å². The number of alkyl halides is 2. The highest BCUT2D eigenvalue weighted by atomic mass is 32.1. The van der Waals surface area contributed by atoms with E-state index >= 15 is 0 Å². The molecule has 0 fully saturated rings. The number of hydrogen-bond acceptors (Lipinski definition) is 4. The zero-order valence-corrected chi connectivity index (χ0v) is 9.77. The quantitative estimate of drug-likeness (QED) is 0.732. The van der Waals surface area contributed by atoms with Gasteiger partial charge in [-0.1, -0.05) is 11.3 Å². The molecule has 0 aliphatic carbocycles. The van der Waals surface area contributed by atoms with Crippen LogP contribution in [0.4, 0.5) is 8.78 Å². The van der Waals surface area contributed by atoms with Crippen LogP contribution in [0.3, 0.4) is 0 Å². The maximum Gasteiger partial charge on any atom is 0.387 e. The molecule has 3 rings (SSSR count). The maximum absolute atomic E-state index is 12.0. The number of halogens is 2. The summed E-state index contributed by atoms with van der Waals surface area (Å²) >= 11 is 1.43. The lowest BCUT2D eigenvalue weighted by molar-refractivity contribution is -0.0498. The maximum atomic E-state index is 12.0. The molecular formula is C11H7F2N3OS. The number of rotatable bonds is 3. The molecule has 0 bridgehead atoms. The highest BCUT2D eigenvalue weighted by molar-refractivity contribution is 7.14. The van der Waals surface area contributed by atoms with E-state index in [0.717, 1.165) is 16.2 Å². The molecule has 0 radical (unpaired) electrons. The molecule has 0 spiro atoms. The van der Waals surface area contributed by atoms with Crippen molar-refractivity contribution in [3.63, 3.8) is 0 Å². The molecule has 2 heterocycles. The summed E-state index contributed by atoms with van der Waals surface area (Å²) in [6.07, 6.45) is 1.79. The van der Waals surface area contributed by atoms with Crippen LogP contribution < -0.4 is 4.74 Å². The molecule has 7 heteroatoms. The summed E-state index contributed by atoms with van der Waals surface area (Å²) < 4.78 is 29.9. The fraction of sp³-hybridized carbons (Fsp3) is 0.0909. The second-order valence-electron chi connectivity index (χ2n) is 3.49. The number of aromatic nitrogens is 3. The van der Waals surface area contributed by atoms with Crippen LogP contribution in [0.25, 0.3) is 16.2 Å². The van der Waals surface area contributed by atoms with Crippen molar-refractivity contribution in [2.24, 2.45) is 0 Å². The van der Waals surface area contributed by atoms with E-state index in [9.17, 15) is 8.78 Å². The minimum absolute atomic E-state index is 0.132. The Morgan fingerprint density at radius 1 is 1.22 bits per heavy atom. The Kier molecular flexibility index (Phi) is 2.67. The van der Waals surface area contributed by atoms with E-state index in [1.165, 1.54) is 23.5 Å². The second kappa shape index (κ2) is 4.34. The van der Waals surface area contributed by atoms with Crippen LogP contribution in [0.2, 0.25) is 0 Å². The van der Waals surface area contributed by atoms with Crippen molar-refractivity contribution in [3.8, 4) is 17.0 Å². The van der Waals surface area contributed by atoms with Crippen LogP contribution in [0.15, 0.2) is 36.0 Å². The van der Waals surface area contributed by atoms with Gasteiger partial charge >= 0.3 is 6.61 Å². The number of nitrogens with zero attached hydrogens (tertiary/aromatic N) is 3. The minimum atomic E-state index is -2.81. The fourth-order valence-electron chi connectivity index (χ4n) is 1.58. The summed E-state index contributed by atoms with van der Waals surface area (Å²) in [6, 6.07) is 6.35. The van der Waals surface area contributed by atoms with Crippen LogP contribution in [-0.4, -0.2) is 21.2 Å². The summed E-state index contributed by atoms with van der Waals surface area (Å²) in [5, 5.41) is 4.07. The van der Waals surface area contributed by atoms with Gasteiger partial charge in [0.05, 0.1) is 11.9 Å². The second-order valence-corrected chi connectivity index (χ2v) is 4.31. The topological polar surface area (TPSA) is 39.4 Å². The highest BCUT2D eigenvalue weighted by Gasteiger charge is 2.07. The Labute approximate surface area is 104 Å². The van der Waals surface area contributed by atoms with Gasteiger partial charge in [-0.3, -0.25) is 0 Å². The van der Waals surface area contributed by atoms with Crippen LogP contribution in [0.5, 0.6) is 5.75 Å². The van der Waals surface area contributed by atoms with Gasteiger partial charge in [-0.2, -0.15) is 13.9 Å². The summed E-state index contributed by atoms with van der Waals surface area (Å²) in [5.41, 5.74) is 3.28. The van der Waals surface area contributed by atoms with Crippen molar-refractivity contribution < 1.29 is 13.5 Å². The highest BCUT2D eigenvalue weighted by Crippen LogP contribution is 2.23. The van der Waals surface area contributed by atoms with Gasteiger partial charge in [-0.15, -0.1) is 0 Å². The first-order valence-electron chi connectivity index (χ1n) is 5.06.